The van der Waals surface area contributed by atoms with Crippen molar-refractivity contribution in [1.82, 2.24) is 5.32 Å². The van der Waals surface area contributed by atoms with Gasteiger partial charge in [0.2, 0.25) is 0 Å². The van der Waals surface area contributed by atoms with Gasteiger partial charge in [0.15, 0.2) is 0 Å². The minimum absolute atomic E-state index is 0.107. The van der Waals surface area contributed by atoms with Gasteiger partial charge >= 0.3 is 0 Å². The molecule has 0 aromatic heterocycles. The van der Waals surface area contributed by atoms with Crippen LogP contribution in [0.2, 0.25) is 0 Å². The van der Waals surface area contributed by atoms with Crippen LogP contribution in [-0.2, 0) is 4.74 Å². The van der Waals surface area contributed by atoms with Crippen LogP contribution in [0.5, 0.6) is 5.75 Å². The quantitative estimate of drug-likeness (QED) is 0.841. The molecular weight excluding hydrogens is 226 g/mol. The van der Waals surface area contributed by atoms with Crippen LogP contribution in [0.3, 0.4) is 0 Å². The van der Waals surface area contributed by atoms with Gasteiger partial charge < -0.3 is 14.8 Å². The SMILES string of the molecule is CNCC(OC)c1ccc(OC2CCCC2)cc1. The molecule has 1 aromatic carbocycles. The topological polar surface area (TPSA) is 30.5 Å². The number of hydrogen-bond donors (Lipinski definition) is 1. The molecule has 1 aliphatic carbocycles. The van der Waals surface area contributed by atoms with Crippen molar-refractivity contribution in [2.75, 3.05) is 20.7 Å². The Bertz CT molecular complexity index is 344. The molecule has 0 heterocycles. The summed E-state index contributed by atoms with van der Waals surface area (Å²) in [7, 11) is 3.68. The molecule has 0 bridgehead atoms. The van der Waals surface area contributed by atoms with E-state index in [0.717, 1.165) is 12.3 Å². The molecule has 1 aliphatic rings. The summed E-state index contributed by atoms with van der Waals surface area (Å²) in [4.78, 5) is 0. The highest BCUT2D eigenvalue weighted by Crippen LogP contribution is 2.25. The molecule has 1 unspecified atom stereocenters. The van der Waals surface area contributed by atoms with Crippen LogP contribution in [0.1, 0.15) is 37.4 Å². The van der Waals surface area contributed by atoms with Crippen LogP contribution >= 0.6 is 0 Å². The van der Waals surface area contributed by atoms with Gasteiger partial charge in [0.25, 0.3) is 0 Å². The maximum Gasteiger partial charge on any atom is 0.119 e. The van der Waals surface area contributed by atoms with E-state index in [9.17, 15) is 0 Å². The molecule has 0 saturated heterocycles. The van der Waals surface area contributed by atoms with E-state index in [0.29, 0.717) is 6.10 Å². The lowest BCUT2D eigenvalue weighted by Crippen LogP contribution is -2.18. The first kappa shape index (κ1) is 13.4. The zero-order valence-electron chi connectivity index (χ0n) is 11.3. The highest BCUT2D eigenvalue weighted by atomic mass is 16.5. The third-order valence-corrected chi connectivity index (χ3v) is 3.53. The zero-order valence-corrected chi connectivity index (χ0v) is 11.3. The minimum atomic E-state index is 0.107. The van der Waals surface area contributed by atoms with Crippen molar-refractivity contribution in [2.45, 2.75) is 37.9 Å². The third kappa shape index (κ3) is 3.47. The number of benzene rings is 1. The number of ether oxygens (including phenoxy) is 2. The number of methoxy groups -OCH3 is 1. The van der Waals surface area contributed by atoms with Crippen LogP contribution in [-0.4, -0.2) is 26.8 Å². The highest BCUT2D eigenvalue weighted by molar-refractivity contribution is 5.29. The summed E-state index contributed by atoms with van der Waals surface area (Å²) < 4.78 is 11.4. The van der Waals surface area contributed by atoms with Crippen molar-refractivity contribution in [2.24, 2.45) is 0 Å². The van der Waals surface area contributed by atoms with E-state index in [1.54, 1.807) is 7.11 Å². The maximum absolute atomic E-state index is 5.95. The second-order valence-electron chi connectivity index (χ2n) is 4.88. The van der Waals surface area contributed by atoms with Crippen LogP contribution in [0.15, 0.2) is 24.3 Å². The molecule has 0 spiro atoms. The summed E-state index contributed by atoms with van der Waals surface area (Å²) in [5.74, 6) is 0.977. The van der Waals surface area contributed by atoms with Crippen LogP contribution in [0, 0.1) is 0 Å². The first-order valence-electron chi connectivity index (χ1n) is 6.77. The summed E-state index contributed by atoms with van der Waals surface area (Å²) in [5.41, 5.74) is 1.19. The Morgan fingerprint density at radius 1 is 1.22 bits per heavy atom. The number of rotatable bonds is 6. The third-order valence-electron chi connectivity index (χ3n) is 3.53. The number of likely N-dealkylation sites (N-methyl/N-ethyl adjacent to an activating group) is 1. The zero-order chi connectivity index (χ0) is 12.8. The Labute approximate surface area is 109 Å². The van der Waals surface area contributed by atoms with Gasteiger partial charge in [-0.2, -0.15) is 0 Å². The lowest BCUT2D eigenvalue weighted by Gasteiger charge is -2.17. The monoisotopic (exact) mass is 249 g/mol. The predicted molar refractivity (Wildman–Crippen MR) is 73.0 cm³/mol. The van der Waals surface area contributed by atoms with Crippen molar-refractivity contribution in [3.63, 3.8) is 0 Å². The standard InChI is InChI=1S/C15H23NO2/c1-16-11-15(17-2)12-7-9-14(10-8-12)18-13-5-3-4-6-13/h7-10,13,15-16H,3-6,11H2,1-2H3. The lowest BCUT2D eigenvalue weighted by atomic mass is 10.1. The van der Waals surface area contributed by atoms with Gasteiger partial charge in [0.1, 0.15) is 5.75 Å². The molecule has 1 fully saturated rings. The molecular formula is C15H23NO2. The molecule has 1 atom stereocenters. The van der Waals surface area contributed by atoms with Crippen LogP contribution in [0.25, 0.3) is 0 Å². The molecule has 1 saturated carbocycles. The Morgan fingerprint density at radius 2 is 1.89 bits per heavy atom. The smallest absolute Gasteiger partial charge is 0.119 e. The molecule has 18 heavy (non-hydrogen) atoms. The fourth-order valence-electron chi connectivity index (χ4n) is 2.48. The molecule has 1 N–H and O–H groups in total. The van der Waals surface area contributed by atoms with Gasteiger partial charge in [-0.1, -0.05) is 12.1 Å². The largest absolute Gasteiger partial charge is 0.490 e. The molecule has 100 valence electrons. The van der Waals surface area contributed by atoms with Gasteiger partial charge in [0, 0.05) is 13.7 Å². The molecule has 3 heteroatoms. The van der Waals surface area contributed by atoms with E-state index in [1.165, 1.54) is 31.2 Å². The molecule has 3 nitrogen and oxygen atoms in total. The van der Waals surface area contributed by atoms with Crippen LogP contribution < -0.4 is 10.1 Å². The Kier molecular flexibility index (Phi) is 5.02. The first-order chi connectivity index (χ1) is 8.83. The molecule has 2 rings (SSSR count). The second kappa shape index (κ2) is 6.76. The highest BCUT2D eigenvalue weighted by Gasteiger charge is 2.16. The van der Waals surface area contributed by atoms with E-state index >= 15 is 0 Å². The Balaban J connectivity index is 1.95. The van der Waals surface area contributed by atoms with Crippen molar-refractivity contribution in [3.8, 4) is 5.75 Å². The van der Waals surface area contributed by atoms with Crippen molar-refractivity contribution in [3.05, 3.63) is 29.8 Å². The number of nitrogens with one attached hydrogen (secondary N) is 1. The van der Waals surface area contributed by atoms with E-state index in [-0.39, 0.29) is 6.10 Å². The summed E-state index contributed by atoms with van der Waals surface area (Å²) in [5, 5.41) is 3.13. The second-order valence-corrected chi connectivity index (χ2v) is 4.88. The van der Waals surface area contributed by atoms with Gasteiger partial charge in [-0.25, -0.2) is 0 Å². The van der Waals surface area contributed by atoms with Crippen molar-refractivity contribution in [1.29, 1.82) is 0 Å². The number of hydrogen-bond acceptors (Lipinski definition) is 3. The molecule has 1 aromatic rings. The van der Waals surface area contributed by atoms with Crippen molar-refractivity contribution < 1.29 is 9.47 Å². The molecule has 0 aliphatic heterocycles. The Hall–Kier alpha value is -1.06. The average Bonchev–Trinajstić information content (AvgIpc) is 2.90. The van der Waals surface area contributed by atoms with Crippen LogP contribution in [0.4, 0.5) is 0 Å². The fraction of sp³-hybridized carbons (Fsp3) is 0.600. The van der Waals surface area contributed by atoms with Gasteiger partial charge in [-0.15, -0.1) is 0 Å². The minimum Gasteiger partial charge on any atom is -0.490 e. The molecule has 0 amide bonds. The van der Waals surface area contributed by atoms with E-state index in [1.807, 2.05) is 7.05 Å². The van der Waals surface area contributed by atoms with Gasteiger partial charge in [0.05, 0.1) is 12.2 Å². The molecule has 0 radical (unpaired) electrons. The lowest BCUT2D eigenvalue weighted by molar-refractivity contribution is 0.104. The maximum atomic E-state index is 5.95. The Morgan fingerprint density at radius 3 is 2.44 bits per heavy atom. The normalized spacial score (nSPS) is 17.9. The van der Waals surface area contributed by atoms with E-state index in [2.05, 4.69) is 29.6 Å². The van der Waals surface area contributed by atoms with Gasteiger partial charge in [-0.3, -0.25) is 0 Å². The van der Waals surface area contributed by atoms with E-state index < -0.39 is 0 Å². The van der Waals surface area contributed by atoms with Crippen molar-refractivity contribution >= 4 is 0 Å². The fourth-order valence-corrected chi connectivity index (χ4v) is 2.48. The van der Waals surface area contributed by atoms with Gasteiger partial charge in [-0.05, 0) is 50.4 Å². The first-order valence-corrected chi connectivity index (χ1v) is 6.77. The predicted octanol–water partition coefficient (Wildman–Crippen LogP) is 2.91. The van der Waals surface area contributed by atoms with E-state index in [4.69, 9.17) is 9.47 Å². The summed E-state index contributed by atoms with van der Waals surface area (Å²) >= 11 is 0. The summed E-state index contributed by atoms with van der Waals surface area (Å²) in [6.07, 6.45) is 5.53. The summed E-state index contributed by atoms with van der Waals surface area (Å²) in [6.45, 7) is 0.819. The average molecular weight is 249 g/mol. The summed E-state index contributed by atoms with van der Waals surface area (Å²) in [6, 6.07) is 8.29.